The zero-order valence-corrected chi connectivity index (χ0v) is 18.4. The van der Waals surface area contributed by atoms with E-state index < -0.39 is 11.6 Å². The highest BCUT2D eigenvalue weighted by molar-refractivity contribution is 6.32. The number of anilines is 1. The summed E-state index contributed by atoms with van der Waals surface area (Å²) in [5.74, 6) is -2.08. The maximum absolute atomic E-state index is 14.0. The molecule has 0 spiro atoms. The predicted molar refractivity (Wildman–Crippen MR) is 117 cm³/mol. The van der Waals surface area contributed by atoms with E-state index in [1.807, 2.05) is 4.90 Å². The first-order valence-electron chi connectivity index (χ1n) is 10.5. The van der Waals surface area contributed by atoms with Crippen molar-refractivity contribution in [1.29, 1.82) is 0 Å². The number of pyridine rings is 1. The van der Waals surface area contributed by atoms with E-state index in [1.54, 1.807) is 7.05 Å². The van der Waals surface area contributed by atoms with Crippen LogP contribution >= 0.6 is 11.6 Å². The lowest BCUT2D eigenvalue weighted by atomic mass is 9.96. The van der Waals surface area contributed by atoms with E-state index in [1.165, 1.54) is 28.6 Å². The standard InChI is InChI=1S/C22H22ClF2N5O2/c1-28-19-8-17(25)16(24)7-14(19)18(9-20(28)31)27-11-5-12-3-4-13(6-11)30(12)22(32)15-10-26-29(2)21(15)23/h7-13,27H,3-6H2,1-2H3/t11?,12-,13+. The number of fused-ring (bicyclic) bond motifs is 3. The molecule has 32 heavy (non-hydrogen) atoms. The van der Waals surface area contributed by atoms with Crippen molar-refractivity contribution in [2.24, 2.45) is 14.1 Å². The molecule has 0 radical (unpaired) electrons. The molecule has 1 aromatic carbocycles. The number of halogens is 3. The van der Waals surface area contributed by atoms with E-state index in [0.717, 1.165) is 25.0 Å². The predicted octanol–water partition coefficient (Wildman–Crippen LogP) is 3.45. The van der Waals surface area contributed by atoms with Crippen LogP contribution in [0.1, 0.15) is 36.0 Å². The summed E-state index contributed by atoms with van der Waals surface area (Å²) >= 11 is 6.23. The minimum absolute atomic E-state index is 0.00987. The summed E-state index contributed by atoms with van der Waals surface area (Å²) in [6.07, 6.45) is 4.61. The Morgan fingerprint density at radius 1 is 1.12 bits per heavy atom. The molecule has 5 rings (SSSR count). The van der Waals surface area contributed by atoms with Crippen molar-refractivity contribution >= 4 is 34.1 Å². The lowest BCUT2D eigenvalue weighted by molar-refractivity contribution is 0.0583. The van der Waals surface area contributed by atoms with Gasteiger partial charge in [0.1, 0.15) is 5.15 Å². The zero-order chi connectivity index (χ0) is 22.7. The van der Waals surface area contributed by atoms with Gasteiger partial charge in [0.25, 0.3) is 11.5 Å². The first kappa shape index (κ1) is 20.9. The largest absolute Gasteiger partial charge is 0.381 e. The molecule has 4 heterocycles. The number of benzene rings is 1. The Hall–Kier alpha value is -2.94. The van der Waals surface area contributed by atoms with Crippen molar-refractivity contribution in [2.75, 3.05) is 5.32 Å². The van der Waals surface area contributed by atoms with Gasteiger partial charge < -0.3 is 14.8 Å². The van der Waals surface area contributed by atoms with Gasteiger partial charge in [0.05, 0.1) is 17.3 Å². The minimum Gasteiger partial charge on any atom is -0.381 e. The third-order valence-electron chi connectivity index (χ3n) is 6.71. The molecule has 2 aliphatic heterocycles. The van der Waals surface area contributed by atoms with Crippen LogP contribution in [0.2, 0.25) is 5.15 Å². The second kappa shape index (κ2) is 7.58. The average molecular weight is 462 g/mol. The molecule has 2 saturated heterocycles. The smallest absolute Gasteiger partial charge is 0.259 e. The molecule has 7 nitrogen and oxygen atoms in total. The van der Waals surface area contributed by atoms with E-state index in [0.29, 0.717) is 40.1 Å². The van der Waals surface area contributed by atoms with Gasteiger partial charge >= 0.3 is 0 Å². The first-order chi connectivity index (χ1) is 15.2. The van der Waals surface area contributed by atoms with Gasteiger partial charge in [-0.25, -0.2) is 8.78 Å². The Bertz CT molecular complexity index is 1290. The monoisotopic (exact) mass is 461 g/mol. The third kappa shape index (κ3) is 3.26. The summed E-state index contributed by atoms with van der Waals surface area (Å²) < 4.78 is 30.5. The Balaban J connectivity index is 1.42. The molecule has 0 aliphatic carbocycles. The van der Waals surface area contributed by atoms with Crippen LogP contribution in [0.5, 0.6) is 0 Å². The Labute approximate surface area is 187 Å². The number of hydrogen-bond acceptors (Lipinski definition) is 4. The van der Waals surface area contributed by atoms with Crippen LogP contribution in [-0.2, 0) is 14.1 Å². The summed E-state index contributed by atoms with van der Waals surface area (Å²) in [7, 11) is 3.21. The zero-order valence-electron chi connectivity index (χ0n) is 17.6. The van der Waals surface area contributed by atoms with Gasteiger partial charge in [0.15, 0.2) is 11.6 Å². The van der Waals surface area contributed by atoms with Crippen molar-refractivity contribution in [3.63, 3.8) is 0 Å². The second-order valence-electron chi connectivity index (χ2n) is 8.62. The molecule has 2 aromatic heterocycles. The molecule has 0 saturated carbocycles. The molecule has 2 aliphatic rings. The summed E-state index contributed by atoms with van der Waals surface area (Å²) in [6, 6.07) is 3.62. The maximum Gasteiger partial charge on any atom is 0.259 e. The lowest BCUT2D eigenvalue weighted by Crippen LogP contribution is -2.49. The van der Waals surface area contributed by atoms with Crippen LogP contribution in [0.15, 0.2) is 29.2 Å². The molecule has 2 bridgehead atoms. The average Bonchev–Trinajstić information content (AvgIpc) is 3.23. The normalized spacial score (nSPS) is 22.5. The van der Waals surface area contributed by atoms with Crippen LogP contribution in [0.3, 0.4) is 0 Å². The van der Waals surface area contributed by atoms with Gasteiger partial charge in [-0.15, -0.1) is 0 Å². The SMILES string of the molecule is Cn1ncc(C(=O)N2[C@@H]3CC[C@H]2CC(Nc2cc(=O)n(C)c4cc(F)c(F)cc24)C3)c1Cl. The summed E-state index contributed by atoms with van der Waals surface area (Å²) in [6.45, 7) is 0. The Morgan fingerprint density at radius 3 is 2.41 bits per heavy atom. The number of carbonyl (C=O) groups is 1. The van der Waals surface area contributed by atoms with Gasteiger partial charge in [-0.1, -0.05) is 11.6 Å². The lowest BCUT2D eigenvalue weighted by Gasteiger charge is -2.39. The number of nitrogens with one attached hydrogen (secondary N) is 1. The number of amides is 1. The topological polar surface area (TPSA) is 72.2 Å². The van der Waals surface area contributed by atoms with Crippen LogP contribution in [-0.4, -0.2) is 43.3 Å². The van der Waals surface area contributed by atoms with Crippen LogP contribution in [0, 0.1) is 11.6 Å². The van der Waals surface area contributed by atoms with E-state index in [-0.39, 0.29) is 29.6 Å². The van der Waals surface area contributed by atoms with Gasteiger partial charge in [0, 0.05) is 55.4 Å². The molecule has 168 valence electrons. The van der Waals surface area contributed by atoms with Crippen molar-refractivity contribution in [3.8, 4) is 0 Å². The number of aromatic nitrogens is 3. The number of nitrogens with zero attached hydrogens (tertiary/aromatic N) is 4. The summed E-state index contributed by atoms with van der Waals surface area (Å²) in [5.41, 5.74) is 0.877. The second-order valence-corrected chi connectivity index (χ2v) is 8.98. The van der Waals surface area contributed by atoms with Gasteiger partial charge in [-0.2, -0.15) is 5.10 Å². The number of rotatable bonds is 3. The van der Waals surface area contributed by atoms with Crippen molar-refractivity contribution < 1.29 is 13.6 Å². The van der Waals surface area contributed by atoms with Crippen LogP contribution < -0.4 is 10.9 Å². The number of carbonyl (C=O) groups excluding carboxylic acids is 1. The van der Waals surface area contributed by atoms with Crippen LogP contribution in [0.4, 0.5) is 14.5 Å². The molecule has 2 fully saturated rings. The molecular formula is C22H22ClF2N5O2. The molecule has 1 unspecified atom stereocenters. The number of piperidine rings is 1. The maximum atomic E-state index is 14.0. The fourth-order valence-electron chi connectivity index (χ4n) is 5.12. The quantitative estimate of drug-likeness (QED) is 0.648. The third-order valence-corrected chi connectivity index (χ3v) is 7.16. The van der Waals surface area contributed by atoms with Gasteiger partial charge in [-0.05, 0) is 31.7 Å². The number of hydrogen-bond donors (Lipinski definition) is 1. The fraction of sp³-hybridized carbons (Fsp3) is 0.409. The van der Waals surface area contributed by atoms with E-state index in [9.17, 15) is 18.4 Å². The highest BCUT2D eigenvalue weighted by Gasteiger charge is 2.44. The molecule has 3 aromatic rings. The van der Waals surface area contributed by atoms with Crippen LogP contribution in [0.25, 0.3) is 10.9 Å². The van der Waals surface area contributed by atoms with Gasteiger partial charge in [0.2, 0.25) is 0 Å². The van der Waals surface area contributed by atoms with Crippen molar-refractivity contribution in [3.05, 3.63) is 57.1 Å². The minimum atomic E-state index is -0.997. The van der Waals surface area contributed by atoms with Crippen molar-refractivity contribution in [1.82, 2.24) is 19.2 Å². The highest BCUT2D eigenvalue weighted by Crippen LogP contribution is 2.39. The van der Waals surface area contributed by atoms with E-state index in [2.05, 4.69) is 10.4 Å². The molecular weight excluding hydrogens is 440 g/mol. The Kier molecular flexibility index (Phi) is 4.96. The van der Waals surface area contributed by atoms with Gasteiger partial charge in [-0.3, -0.25) is 14.3 Å². The van der Waals surface area contributed by atoms with E-state index >= 15 is 0 Å². The molecule has 1 amide bonds. The molecule has 3 atom stereocenters. The summed E-state index contributed by atoms with van der Waals surface area (Å²) in [4.78, 5) is 27.4. The molecule has 1 N–H and O–H groups in total. The van der Waals surface area contributed by atoms with E-state index in [4.69, 9.17) is 11.6 Å². The molecule has 10 heteroatoms. The Morgan fingerprint density at radius 2 is 1.78 bits per heavy atom. The number of aryl methyl sites for hydroxylation is 2. The fourth-order valence-corrected chi connectivity index (χ4v) is 5.29. The summed E-state index contributed by atoms with van der Waals surface area (Å²) in [5, 5.41) is 8.20. The van der Waals surface area contributed by atoms with Crippen molar-refractivity contribution in [2.45, 2.75) is 43.8 Å². The highest BCUT2D eigenvalue weighted by atomic mass is 35.5. The first-order valence-corrected chi connectivity index (χ1v) is 10.9.